The van der Waals surface area contributed by atoms with Crippen LogP contribution >= 0.6 is 0 Å². The molecule has 0 saturated heterocycles. The molecule has 0 spiro atoms. The molecule has 0 radical (unpaired) electrons. The van der Waals surface area contributed by atoms with Gasteiger partial charge in [0.2, 0.25) is 0 Å². The third-order valence-electron chi connectivity index (χ3n) is 11.5. The lowest BCUT2D eigenvalue weighted by atomic mass is 9.98. The van der Waals surface area contributed by atoms with E-state index in [-0.39, 0.29) is 0 Å². The molecule has 11 aromatic rings. The van der Waals surface area contributed by atoms with Crippen LogP contribution in [0.3, 0.4) is 0 Å². The smallest absolute Gasteiger partial charge is 0.194 e. The van der Waals surface area contributed by atoms with E-state index in [1.165, 1.54) is 21.9 Å². The number of fused-ring (bicyclic) bond motifs is 10. The summed E-state index contributed by atoms with van der Waals surface area (Å²) in [6.45, 7) is 0. The molecular weight excluding hydrogens is 709 g/mol. The van der Waals surface area contributed by atoms with Crippen LogP contribution in [0, 0.1) is 0 Å². The van der Waals surface area contributed by atoms with Crippen LogP contribution in [0.1, 0.15) is 0 Å². The van der Waals surface area contributed by atoms with Crippen molar-refractivity contribution in [3.63, 3.8) is 0 Å². The zero-order valence-corrected chi connectivity index (χ0v) is 31.3. The Bertz CT molecular complexity index is 3320. The summed E-state index contributed by atoms with van der Waals surface area (Å²) in [5.41, 5.74) is 13.4. The summed E-state index contributed by atoms with van der Waals surface area (Å²) in [6.07, 6.45) is 0. The number of hydrogen-bond donors (Lipinski definition) is 0. The molecule has 58 heavy (non-hydrogen) atoms. The van der Waals surface area contributed by atoms with E-state index in [0.29, 0.717) is 23.0 Å². The molecule has 9 aromatic carbocycles. The Balaban J connectivity index is 1.22. The SMILES string of the molecule is c1ccc(-c2cccc(-n3c4ccc5c6ccccc6n(-c6cc(-c7ccccc7)cc(-c7ccccc7)c6)c5c4c4ccc5c(c43)Oc3ccccc3O5)c2)cc1. The van der Waals surface area contributed by atoms with E-state index in [1.54, 1.807) is 0 Å². The summed E-state index contributed by atoms with van der Waals surface area (Å²) in [4.78, 5) is 0. The van der Waals surface area contributed by atoms with Crippen LogP contribution in [-0.4, -0.2) is 9.13 Å². The molecule has 0 bridgehead atoms. The van der Waals surface area contributed by atoms with E-state index in [1.807, 2.05) is 24.3 Å². The highest BCUT2D eigenvalue weighted by Crippen LogP contribution is 2.52. The summed E-state index contributed by atoms with van der Waals surface area (Å²) in [5.74, 6) is 2.79. The molecule has 3 heterocycles. The van der Waals surface area contributed by atoms with Crippen molar-refractivity contribution < 1.29 is 9.47 Å². The molecular formula is C54H34N2O2. The minimum atomic E-state index is 0.689. The van der Waals surface area contributed by atoms with Gasteiger partial charge in [0.05, 0.1) is 16.6 Å². The predicted octanol–water partition coefficient (Wildman–Crippen LogP) is 14.8. The van der Waals surface area contributed by atoms with Crippen LogP contribution < -0.4 is 9.47 Å². The Morgan fingerprint density at radius 1 is 0.293 bits per heavy atom. The van der Waals surface area contributed by atoms with Gasteiger partial charge in [-0.25, -0.2) is 0 Å². The first-order valence-electron chi connectivity index (χ1n) is 19.7. The van der Waals surface area contributed by atoms with Gasteiger partial charge >= 0.3 is 0 Å². The summed E-state index contributed by atoms with van der Waals surface area (Å²) >= 11 is 0. The summed E-state index contributed by atoms with van der Waals surface area (Å²) in [7, 11) is 0. The summed E-state index contributed by atoms with van der Waals surface area (Å²) < 4.78 is 18.3. The Kier molecular flexibility index (Phi) is 7.20. The Morgan fingerprint density at radius 3 is 1.55 bits per heavy atom. The average Bonchev–Trinajstić information content (AvgIpc) is 3.82. The number of ether oxygens (including phenoxy) is 2. The lowest BCUT2D eigenvalue weighted by Crippen LogP contribution is -2.02. The molecule has 272 valence electrons. The highest BCUT2D eigenvalue weighted by Gasteiger charge is 2.28. The predicted molar refractivity (Wildman–Crippen MR) is 238 cm³/mol. The standard InChI is InChI=1S/C54H34N2O2/c1-4-15-35(16-5-1)38-21-14-22-41(32-38)55-47-29-27-44-43-23-10-11-24-46(43)56(42-33-39(36-17-6-2-7-18-36)31-40(34-42)37-19-8-3-9-20-37)52(44)51(47)45-28-30-50-54(53(45)55)58-49-26-13-12-25-48(49)57-50/h1-34H. The van der Waals surface area contributed by atoms with E-state index in [0.717, 1.165) is 66.5 Å². The van der Waals surface area contributed by atoms with E-state index < -0.39 is 0 Å². The minimum Gasteiger partial charge on any atom is -0.449 e. The zero-order valence-electron chi connectivity index (χ0n) is 31.3. The second-order valence-electron chi connectivity index (χ2n) is 14.9. The molecule has 0 saturated carbocycles. The molecule has 1 aliphatic heterocycles. The molecule has 12 rings (SSSR count). The topological polar surface area (TPSA) is 28.3 Å². The number of para-hydroxylation sites is 3. The Morgan fingerprint density at radius 2 is 0.845 bits per heavy atom. The van der Waals surface area contributed by atoms with Crippen molar-refractivity contribution in [1.82, 2.24) is 9.13 Å². The van der Waals surface area contributed by atoms with Gasteiger partial charge in [-0.1, -0.05) is 140 Å². The van der Waals surface area contributed by atoms with Crippen LogP contribution in [0.25, 0.3) is 88.4 Å². The third kappa shape index (κ3) is 5.02. The summed E-state index contributed by atoms with van der Waals surface area (Å²) in [6, 6.07) is 73.2. The summed E-state index contributed by atoms with van der Waals surface area (Å²) in [5, 5.41) is 4.61. The highest BCUT2D eigenvalue weighted by molar-refractivity contribution is 6.27. The van der Waals surface area contributed by atoms with E-state index in [9.17, 15) is 0 Å². The second kappa shape index (κ2) is 12.9. The van der Waals surface area contributed by atoms with Gasteiger partial charge in [0.15, 0.2) is 23.0 Å². The first-order valence-corrected chi connectivity index (χ1v) is 19.7. The number of benzene rings is 9. The van der Waals surface area contributed by atoms with Crippen molar-refractivity contribution >= 4 is 43.6 Å². The second-order valence-corrected chi connectivity index (χ2v) is 14.9. The van der Waals surface area contributed by atoms with E-state index >= 15 is 0 Å². The maximum Gasteiger partial charge on any atom is 0.194 e. The van der Waals surface area contributed by atoms with Crippen LogP contribution in [0.4, 0.5) is 0 Å². The fourth-order valence-corrected chi connectivity index (χ4v) is 8.95. The Labute approximate surface area is 335 Å². The van der Waals surface area contributed by atoms with Crippen LogP contribution in [0.5, 0.6) is 23.0 Å². The molecule has 1 aliphatic rings. The lowest BCUT2D eigenvalue weighted by molar-refractivity contribution is 0.362. The van der Waals surface area contributed by atoms with Crippen molar-refractivity contribution in [2.75, 3.05) is 0 Å². The first-order chi connectivity index (χ1) is 28.8. The number of nitrogens with zero attached hydrogens (tertiary/aromatic N) is 2. The van der Waals surface area contributed by atoms with Gasteiger partial charge in [0.25, 0.3) is 0 Å². The molecule has 2 aromatic heterocycles. The maximum absolute atomic E-state index is 6.86. The number of hydrogen-bond acceptors (Lipinski definition) is 2. The van der Waals surface area contributed by atoms with Gasteiger partial charge in [-0.3, -0.25) is 0 Å². The largest absolute Gasteiger partial charge is 0.449 e. The van der Waals surface area contributed by atoms with Crippen molar-refractivity contribution in [3.05, 3.63) is 206 Å². The van der Waals surface area contributed by atoms with Gasteiger partial charge in [-0.2, -0.15) is 0 Å². The van der Waals surface area contributed by atoms with E-state index in [2.05, 4.69) is 191 Å². The zero-order chi connectivity index (χ0) is 38.2. The van der Waals surface area contributed by atoms with Gasteiger partial charge in [0.1, 0.15) is 5.52 Å². The molecule has 0 amide bonds. The van der Waals surface area contributed by atoms with Gasteiger partial charge in [-0.05, 0) is 100 Å². The third-order valence-corrected chi connectivity index (χ3v) is 11.5. The van der Waals surface area contributed by atoms with Crippen LogP contribution in [0.2, 0.25) is 0 Å². The Hall–Kier alpha value is -7.82. The fraction of sp³-hybridized carbons (Fsp3) is 0. The molecule has 0 aliphatic carbocycles. The normalized spacial score (nSPS) is 12.1. The molecule has 0 N–H and O–H groups in total. The molecule has 0 unspecified atom stereocenters. The average molecular weight is 743 g/mol. The first kappa shape index (κ1) is 32.4. The van der Waals surface area contributed by atoms with Crippen LogP contribution in [-0.2, 0) is 0 Å². The minimum absolute atomic E-state index is 0.689. The lowest BCUT2D eigenvalue weighted by Gasteiger charge is -2.22. The maximum atomic E-state index is 6.86. The molecule has 0 fully saturated rings. The van der Waals surface area contributed by atoms with Crippen molar-refractivity contribution in [2.24, 2.45) is 0 Å². The monoisotopic (exact) mass is 742 g/mol. The quantitative estimate of drug-likeness (QED) is 0.176. The number of rotatable bonds is 5. The van der Waals surface area contributed by atoms with Crippen molar-refractivity contribution in [1.29, 1.82) is 0 Å². The van der Waals surface area contributed by atoms with E-state index in [4.69, 9.17) is 9.47 Å². The molecule has 0 atom stereocenters. The van der Waals surface area contributed by atoms with Gasteiger partial charge in [-0.15, -0.1) is 0 Å². The van der Waals surface area contributed by atoms with Crippen molar-refractivity contribution in [2.45, 2.75) is 0 Å². The highest BCUT2D eigenvalue weighted by atomic mass is 16.6. The molecule has 4 nitrogen and oxygen atoms in total. The van der Waals surface area contributed by atoms with Gasteiger partial charge < -0.3 is 18.6 Å². The number of aromatic nitrogens is 2. The van der Waals surface area contributed by atoms with Crippen LogP contribution in [0.15, 0.2) is 206 Å². The van der Waals surface area contributed by atoms with Gasteiger partial charge in [0, 0.05) is 32.9 Å². The van der Waals surface area contributed by atoms with Crippen molar-refractivity contribution in [3.8, 4) is 67.8 Å². The fourth-order valence-electron chi connectivity index (χ4n) is 8.95. The molecule has 4 heteroatoms.